The summed E-state index contributed by atoms with van der Waals surface area (Å²) in [6.45, 7) is 0.537. The van der Waals surface area contributed by atoms with Crippen LogP contribution < -0.4 is 10.5 Å². The molecule has 0 heterocycles. The lowest BCUT2D eigenvalue weighted by molar-refractivity contribution is 0.0693. The van der Waals surface area contributed by atoms with Gasteiger partial charge < -0.3 is 15.6 Å². The van der Waals surface area contributed by atoms with Crippen LogP contribution in [-0.4, -0.2) is 24.7 Å². The second-order valence-electron chi connectivity index (χ2n) is 2.88. The molecule has 0 spiro atoms. The summed E-state index contributed by atoms with van der Waals surface area (Å²) in [6, 6.07) is 4.99. The first-order valence-electron chi connectivity index (χ1n) is 4.29. The minimum Gasteiger partial charge on any atom is -0.496 e. The number of methoxy groups -OCH3 is 1. The third-order valence-corrected chi connectivity index (χ3v) is 1.93. The van der Waals surface area contributed by atoms with Gasteiger partial charge in [-0.1, -0.05) is 6.07 Å². The molecule has 0 aliphatic carbocycles. The van der Waals surface area contributed by atoms with Crippen LogP contribution in [0.15, 0.2) is 18.2 Å². The Kier molecular flexibility index (Phi) is 3.48. The van der Waals surface area contributed by atoms with Crippen LogP contribution in [0, 0.1) is 0 Å². The quantitative estimate of drug-likeness (QED) is 0.748. The molecule has 0 aliphatic heterocycles. The number of aromatic carboxylic acids is 1. The molecule has 4 nitrogen and oxygen atoms in total. The molecule has 0 saturated carbocycles. The average Bonchev–Trinajstić information content (AvgIpc) is 2.17. The number of ether oxygens (including phenoxy) is 1. The van der Waals surface area contributed by atoms with E-state index in [0.29, 0.717) is 12.3 Å². The maximum absolute atomic E-state index is 10.7. The minimum atomic E-state index is -0.985. The van der Waals surface area contributed by atoms with Crippen molar-refractivity contribution in [3.05, 3.63) is 29.3 Å². The van der Waals surface area contributed by atoms with E-state index in [0.717, 1.165) is 12.0 Å². The van der Waals surface area contributed by atoms with E-state index in [1.807, 2.05) is 0 Å². The van der Waals surface area contributed by atoms with Crippen LogP contribution in [0.1, 0.15) is 15.9 Å². The molecule has 0 radical (unpaired) electrons. The normalized spacial score (nSPS) is 9.86. The Balaban J connectivity index is 3.05. The SMILES string of the molecule is COc1cc(CCN)ccc1C(=O)O. The highest BCUT2D eigenvalue weighted by atomic mass is 16.5. The molecular formula is C10H13NO3. The van der Waals surface area contributed by atoms with Gasteiger partial charge in [0.25, 0.3) is 0 Å². The van der Waals surface area contributed by atoms with E-state index < -0.39 is 5.97 Å². The molecule has 0 amide bonds. The number of hydrogen-bond acceptors (Lipinski definition) is 3. The molecule has 0 bridgehead atoms. The topological polar surface area (TPSA) is 72.5 Å². The smallest absolute Gasteiger partial charge is 0.339 e. The van der Waals surface area contributed by atoms with Crippen molar-refractivity contribution in [1.29, 1.82) is 0 Å². The van der Waals surface area contributed by atoms with Crippen LogP contribution in [-0.2, 0) is 6.42 Å². The van der Waals surface area contributed by atoms with Gasteiger partial charge >= 0.3 is 5.97 Å². The lowest BCUT2D eigenvalue weighted by atomic mass is 10.1. The van der Waals surface area contributed by atoms with Crippen LogP contribution in [0.4, 0.5) is 0 Å². The number of carbonyl (C=O) groups is 1. The van der Waals surface area contributed by atoms with E-state index in [1.165, 1.54) is 13.2 Å². The van der Waals surface area contributed by atoms with E-state index in [2.05, 4.69) is 0 Å². The van der Waals surface area contributed by atoms with Crippen molar-refractivity contribution in [3.8, 4) is 5.75 Å². The summed E-state index contributed by atoms with van der Waals surface area (Å²) in [5, 5.41) is 8.81. The lowest BCUT2D eigenvalue weighted by Crippen LogP contribution is -2.05. The molecule has 0 saturated heterocycles. The van der Waals surface area contributed by atoms with Crippen molar-refractivity contribution in [1.82, 2.24) is 0 Å². The van der Waals surface area contributed by atoms with Crippen molar-refractivity contribution in [3.63, 3.8) is 0 Å². The molecule has 0 aliphatic rings. The monoisotopic (exact) mass is 195 g/mol. The summed E-state index contributed by atoms with van der Waals surface area (Å²) in [5.41, 5.74) is 6.55. The van der Waals surface area contributed by atoms with E-state index in [-0.39, 0.29) is 5.56 Å². The maximum Gasteiger partial charge on any atom is 0.339 e. The van der Waals surface area contributed by atoms with Gasteiger partial charge in [-0.2, -0.15) is 0 Å². The van der Waals surface area contributed by atoms with Crippen molar-refractivity contribution in [2.75, 3.05) is 13.7 Å². The van der Waals surface area contributed by atoms with Crippen LogP contribution in [0.25, 0.3) is 0 Å². The first kappa shape index (κ1) is 10.5. The number of hydrogen-bond donors (Lipinski definition) is 2. The molecular weight excluding hydrogens is 182 g/mol. The molecule has 76 valence electrons. The standard InChI is InChI=1S/C10H13NO3/c1-14-9-6-7(4-5-11)2-3-8(9)10(12)13/h2-3,6H,4-5,11H2,1H3,(H,12,13). The van der Waals surface area contributed by atoms with Gasteiger partial charge in [-0.25, -0.2) is 4.79 Å². The van der Waals surface area contributed by atoms with Gasteiger partial charge in [-0.05, 0) is 30.7 Å². The van der Waals surface area contributed by atoms with Gasteiger partial charge in [-0.3, -0.25) is 0 Å². The number of rotatable bonds is 4. The zero-order valence-electron chi connectivity index (χ0n) is 7.99. The van der Waals surface area contributed by atoms with Crippen LogP contribution >= 0.6 is 0 Å². The fraction of sp³-hybridized carbons (Fsp3) is 0.300. The Bertz CT molecular complexity index is 336. The highest BCUT2D eigenvalue weighted by molar-refractivity contribution is 5.90. The molecule has 1 rings (SSSR count). The Morgan fingerprint density at radius 3 is 2.79 bits per heavy atom. The second kappa shape index (κ2) is 4.62. The van der Waals surface area contributed by atoms with Gasteiger partial charge in [-0.15, -0.1) is 0 Å². The molecule has 4 heteroatoms. The molecule has 3 N–H and O–H groups in total. The molecule has 14 heavy (non-hydrogen) atoms. The number of benzene rings is 1. The molecule has 0 aromatic heterocycles. The highest BCUT2D eigenvalue weighted by Crippen LogP contribution is 2.20. The largest absolute Gasteiger partial charge is 0.496 e. The minimum absolute atomic E-state index is 0.174. The van der Waals surface area contributed by atoms with Crippen LogP contribution in [0.5, 0.6) is 5.75 Å². The first-order chi connectivity index (χ1) is 6.69. The van der Waals surface area contributed by atoms with Crippen molar-refractivity contribution >= 4 is 5.97 Å². The van der Waals surface area contributed by atoms with Crippen LogP contribution in [0.3, 0.4) is 0 Å². The Morgan fingerprint density at radius 1 is 1.57 bits per heavy atom. The number of carboxylic acids is 1. The third-order valence-electron chi connectivity index (χ3n) is 1.93. The molecule has 0 fully saturated rings. The number of nitrogens with two attached hydrogens (primary N) is 1. The summed E-state index contributed by atoms with van der Waals surface area (Å²) in [5.74, 6) is -0.607. The van der Waals surface area contributed by atoms with E-state index in [1.54, 1.807) is 12.1 Å². The summed E-state index contributed by atoms with van der Waals surface area (Å²) in [6.07, 6.45) is 0.719. The van der Waals surface area contributed by atoms with E-state index in [4.69, 9.17) is 15.6 Å². The zero-order chi connectivity index (χ0) is 10.6. The average molecular weight is 195 g/mol. The first-order valence-corrected chi connectivity index (χ1v) is 4.29. The molecule has 1 aromatic carbocycles. The van der Waals surface area contributed by atoms with Gasteiger partial charge in [0.2, 0.25) is 0 Å². The predicted molar refractivity (Wildman–Crippen MR) is 52.7 cm³/mol. The fourth-order valence-electron chi connectivity index (χ4n) is 1.23. The second-order valence-corrected chi connectivity index (χ2v) is 2.88. The zero-order valence-corrected chi connectivity index (χ0v) is 7.99. The lowest BCUT2D eigenvalue weighted by Gasteiger charge is -2.06. The highest BCUT2D eigenvalue weighted by Gasteiger charge is 2.10. The number of carboxylic acid groups (broad SMARTS) is 1. The van der Waals surface area contributed by atoms with Crippen molar-refractivity contribution < 1.29 is 14.6 Å². The predicted octanol–water partition coefficient (Wildman–Crippen LogP) is 0.895. The maximum atomic E-state index is 10.7. The van der Waals surface area contributed by atoms with Gasteiger partial charge in [0.1, 0.15) is 11.3 Å². The van der Waals surface area contributed by atoms with Crippen molar-refractivity contribution in [2.45, 2.75) is 6.42 Å². The van der Waals surface area contributed by atoms with Gasteiger partial charge in [0.05, 0.1) is 7.11 Å². The third kappa shape index (κ3) is 2.23. The molecule has 1 aromatic rings. The summed E-state index contributed by atoms with van der Waals surface area (Å²) >= 11 is 0. The van der Waals surface area contributed by atoms with Gasteiger partial charge in [0, 0.05) is 0 Å². The summed E-state index contributed by atoms with van der Waals surface area (Å²) in [4.78, 5) is 10.7. The molecule has 0 unspecified atom stereocenters. The van der Waals surface area contributed by atoms with Crippen LogP contribution in [0.2, 0.25) is 0 Å². The Hall–Kier alpha value is -1.55. The van der Waals surface area contributed by atoms with E-state index in [9.17, 15) is 4.79 Å². The summed E-state index contributed by atoms with van der Waals surface area (Å²) < 4.78 is 4.97. The van der Waals surface area contributed by atoms with E-state index >= 15 is 0 Å². The summed E-state index contributed by atoms with van der Waals surface area (Å²) in [7, 11) is 1.45. The Labute approximate surface area is 82.3 Å². The Morgan fingerprint density at radius 2 is 2.29 bits per heavy atom. The van der Waals surface area contributed by atoms with Gasteiger partial charge in [0.15, 0.2) is 0 Å². The molecule has 0 atom stereocenters. The van der Waals surface area contributed by atoms with Crippen molar-refractivity contribution in [2.24, 2.45) is 5.73 Å². The fourth-order valence-corrected chi connectivity index (χ4v) is 1.23.